The van der Waals surface area contributed by atoms with Crippen molar-refractivity contribution < 1.29 is 19.4 Å². The van der Waals surface area contributed by atoms with E-state index >= 15 is 0 Å². The SMILES string of the molecule is CC(C)(C)OC(=O)N1CCC(O)(CNC(=O)c2ccc(Cl)cc2)CC1. The Labute approximate surface area is 153 Å². The van der Waals surface area contributed by atoms with Crippen molar-refractivity contribution in [3.8, 4) is 0 Å². The Bertz CT molecular complexity index is 617. The summed E-state index contributed by atoms with van der Waals surface area (Å²) in [5.41, 5.74) is -1.09. The number of hydrogen-bond acceptors (Lipinski definition) is 4. The van der Waals surface area contributed by atoms with Crippen molar-refractivity contribution in [2.45, 2.75) is 44.8 Å². The van der Waals surface area contributed by atoms with E-state index < -0.39 is 11.2 Å². The van der Waals surface area contributed by atoms with E-state index in [1.807, 2.05) is 20.8 Å². The van der Waals surface area contributed by atoms with Gasteiger partial charge in [0.15, 0.2) is 0 Å². The molecule has 0 aromatic heterocycles. The Morgan fingerprint density at radius 1 is 1.24 bits per heavy atom. The molecule has 2 amide bonds. The van der Waals surface area contributed by atoms with Crippen LogP contribution in [0, 0.1) is 0 Å². The van der Waals surface area contributed by atoms with Crippen molar-refractivity contribution in [1.82, 2.24) is 10.2 Å². The van der Waals surface area contributed by atoms with Gasteiger partial charge in [0.1, 0.15) is 5.60 Å². The molecular formula is C18H25ClN2O4. The first-order valence-electron chi connectivity index (χ1n) is 8.32. The summed E-state index contributed by atoms with van der Waals surface area (Å²) in [6.45, 7) is 6.37. The second kappa shape index (κ2) is 7.62. The maximum atomic E-state index is 12.1. The fourth-order valence-corrected chi connectivity index (χ4v) is 2.68. The van der Waals surface area contributed by atoms with Crippen LogP contribution in [-0.2, 0) is 4.74 Å². The number of halogens is 1. The molecule has 2 N–H and O–H groups in total. The minimum absolute atomic E-state index is 0.136. The number of ether oxygens (including phenoxy) is 1. The average molecular weight is 369 g/mol. The highest BCUT2D eigenvalue weighted by molar-refractivity contribution is 6.30. The summed E-state index contributed by atoms with van der Waals surface area (Å²) < 4.78 is 5.34. The van der Waals surface area contributed by atoms with Crippen LogP contribution in [0.3, 0.4) is 0 Å². The number of benzene rings is 1. The van der Waals surface area contributed by atoms with Gasteiger partial charge in [-0.3, -0.25) is 4.79 Å². The van der Waals surface area contributed by atoms with E-state index in [9.17, 15) is 14.7 Å². The molecule has 0 bridgehead atoms. The number of carbonyl (C=O) groups is 2. The van der Waals surface area contributed by atoms with Crippen LogP contribution in [0.25, 0.3) is 0 Å². The van der Waals surface area contributed by atoms with Gasteiger partial charge in [0.2, 0.25) is 0 Å². The molecule has 1 heterocycles. The molecule has 1 aliphatic heterocycles. The molecule has 1 aliphatic rings. The number of nitrogens with zero attached hydrogens (tertiary/aromatic N) is 1. The minimum Gasteiger partial charge on any atom is -0.444 e. The highest BCUT2D eigenvalue weighted by atomic mass is 35.5. The molecule has 7 heteroatoms. The van der Waals surface area contributed by atoms with Crippen LogP contribution in [-0.4, -0.2) is 52.8 Å². The molecule has 138 valence electrons. The van der Waals surface area contributed by atoms with Crippen LogP contribution < -0.4 is 5.32 Å². The lowest BCUT2D eigenvalue weighted by Crippen LogP contribution is -2.52. The monoisotopic (exact) mass is 368 g/mol. The molecule has 0 aliphatic carbocycles. The Kier molecular flexibility index (Phi) is 5.95. The van der Waals surface area contributed by atoms with Crippen LogP contribution >= 0.6 is 11.6 Å². The molecule has 0 radical (unpaired) electrons. The summed E-state index contributed by atoms with van der Waals surface area (Å²) in [6, 6.07) is 6.55. The zero-order valence-electron chi connectivity index (χ0n) is 14.8. The van der Waals surface area contributed by atoms with E-state index in [4.69, 9.17) is 16.3 Å². The molecule has 1 fully saturated rings. The van der Waals surface area contributed by atoms with Crippen molar-refractivity contribution >= 4 is 23.6 Å². The standard InChI is InChI=1S/C18H25ClN2O4/c1-17(2,3)25-16(23)21-10-8-18(24,9-11-21)12-20-15(22)13-4-6-14(19)7-5-13/h4-7,24H,8-12H2,1-3H3,(H,20,22). The number of amides is 2. The number of aliphatic hydroxyl groups is 1. The number of piperidine rings is 1. The van der Waals surface area contributed by atoms with E-state index in [0.717, 1.165) is 0 Å². The van der Waals surface area contributed by atoms with Crippen LogP contribution in [0.1, 0.15) is 44.0 Å². The second-order valence-corrected chi connectivity index (χ2v) is 7.82. The van der Waals surface area contributed by atoms with Crippen LogP contribution in [0.5, 0.6) is 0 Å². The van der Waals surface area contributed by atoms with Crippen molar-refractivity contribution in [3.05, 3.63) is 34.9 Å². The van der Waals surface area contributed by atoms with Crippen molar-refractivity contribution in [3.63, 3.8) is 0 Å². The third-order valence-electron chi connectivity index (χ3n) is 4.03. The molecule has 0 saturated carbocycles. The Balaban J connectivity index is 1.83. The van der Waals surface area contributed by atoms with Gasteiger partial charge in [-0.05, 0) is 57.9 Å². The lowest BCUT2D eigenvalue weighted by atomic mass is 9.91. The van der Waals surface area contributed by atoms with Crippen molar-refractivity contribution in [1.29, 1.82) is 0 Å². The van der Waals surface area contributed by atoms with Gasteiger partial charge < -0.3 is 20.1 Å². The minimum atomic E-state index is -1.03. The maximum absolute atomic E-state index is 12.1. The van der Waals surface area contributed by atoms with Crippen molar-refractivity contribution in [2.24, 2.45) is 0 Å². The van der Waals surface area contributed by atoms with Gasteiger partial charge in [-0.25, -0.2) is 4.79 Å². The number of likely N-dealkylation sites (tertiary alicyclic amines) is 1. The predicted octanol–water partition coefficient (Wildman–Crippen LogP) is 2.83. The zero-order chi connectivity index (χ0) is 18.7. The number of carbonyl (C=O) groups excluding carboxylic acids is 2. The first kappa shape index (κ1) is 19.5. The Hall–Kier alpha value is -1.79. The Morgan fingerprint density at radius 3 is 2.32 bits per heavy atom. The maximum Gasteiger partial charge on any atom is 0.410 e. The van der Waals surface area contributed by atoms with E-state index in [-0.39, 0.29) is 18.5 Å². The topological polar surface area (TPSA) is 78.9 Å². The quantitative estimate of drug-likeness (QED) is 0.859. The van der Waals surface area contributed by atoms with E-state index in [1.54, 1.807) is 29.2 Å². The highest BCUT2D eigenvalue weighted by Crippen LogP contribution is 2.23. The molecule has 1 aromatic rings. The first-order chi connectivity index (χ1) is 11.6. The fraction of sp³-hybridized carbons (Fsp3) is 0.556. The number of hydrogen-bond donors (Lipinski definition) is 2. The molecule has 6 nitrogen and oxygen atoms in total. The van der Waals surface area contributed by atoms with Gasteiger partial charge in [-0.2, -0.15) is 0 Å². The Morgan fingerprint density at radius 2 is 1.80 bits per heavy atom. The van der Waals surface area contributed by atoms with Crippen LogP contribution in [0.4, 0.5) is 4.79 Å². The summed E-state index contributed by atoms with van der Waals surface area (Å²) in [4.78, 5) is 25.7. The lowest BCUT2D eigenvalue weighted by Gasteiger charge is -2.38. The molecule has 2 rings (SSSR count). The molecule has 1 aromatic carbocycles. The van der Waals surface area contributed by atoms with Gasteiger partial charge in [0, 0.05) is 30.2 Å². The number of rotatable bonds is 3. The van der Waals surface area contributed by atoms with E-state index in [1.165, 1.54) is 0 Å². The predicted molar refractivity (Wildman–Crippen MR) is 95.8 cm³/mol. The van der Waals surface area contributed by atoms with Gasteiger partial charge >= 0.3 is 6.09 Å². The van der Waals surface area contributed by atoms with Crippen LogP contribution in [0.2, 0.25) is 5.02 Å². The molecular weight excluding hydrogens is 344 g/mol. The average Bonchev–Trinajstić information content (AvgIpc) is 2.52. The van der Waals surface area contributed by atoms with Gasteiger partial charge in [0.05, 0.1) is 5.60 Å². The highest BCUT2D eigenvalue weighted by Gasteiger charge is 2.35. The first-order valence-corrected chi connectivity index (χ1v) is 8.70. The third-order valence-corrected chi connectivity index (χ3v) is 4.28. The third kappa shape index (κ3) is 5.90. The summed E-state index contributed by atoms with van der Waals surface area (Å²) >= 11 is 5.80. The summed E-state index contributed by atoms with van der Waals surface area (Å²) in [5, 5.41) is 13.9. The molecule has 0 unspecified atom stereocenters. The summed E-state index contributed by atoms with van der Waals surface area (Å²) in [6.07, 6.45) is 0.389. The van der Waals surface area contributed by atoms with Crippen molar-refractivity contribution in [2.75, 3.05) is 19.6 Å². The smallest absolute Gasteiger partial charge is 0.410 e. The molecule has 0 atom stereocenters. The number of nitrogens with one attached hydrogen (secondary N) is 1. The molecule has 0 spiro atoms. The second-order valence-electron chi connectivity index (χ2n) is 7.38. The summed E-state index contributed by atoms with van der Waals surface area (Å²) in [5.74, 6) is -0.264. The molecule has 25 heavy (non-hydrogen) atoms. The fourth-order valence-electron chi connectivity index (χ4n) is 2.56. The summed E-state index contributed by atoms with van der Waals surface area (Å²) in [7, 11) is 0. The van der Waals surface area contributed by atoms with Gasteiger partial charge in [-0.1, -0.05) is 11.6 Å². The zero-order valence-corrected chi connectivity index (χ0v) is 15.6. The molecule has 1 saturated heterocycles. The van der Waals surface area contributed by atoms with E-state index in [0.29, 0.717) is 36.5 Å². The van der Waals surface area contributed by atoms with Crippen LogP contribution in [0.15, 0.2) is 24.3 Å². The lowest BCUT2D eigenvalue weighted by molar-refractivity contribution is -0.0303. The van der Waals surface area contributed by atoms with E-state index in [2.05, 4.69) is 5.32 Å². The van der Waals surface area contributed by atoms with Gasteiger partial charge in [0.25, 0.3) is 5.91 Å². The normalized spacial score (nSPS) is 17.1. The van der Waals surface area contributed by atoms with Gasteiger partial charge in [-0.15, -0.1) is 0 Å². The largest absolute Gasteiger partial charge is 0.444 e.